The second-order valence-electron chi connectivity index (χ2n) is 4.71. The number of halogens is 2. The first-order valence-corrected chi connectivity index (χ1v) is 8.43. The van der Waals surface area contributed by atoms with Crippen molar-refractivity contribution in [3.63, 3.8) is 0 Å². The zero-order valence-electron chi connectivity index (χ0n) is 11.8. The molecule has 3 rings (SSSR count). The van der Waals surface area contributed by atoms with Crippen molar-refractivity contribution in [3.8, 4) is 10.6 Å². The van der Waals surface area contributed by atoms with Crippen LogP contribution in [0, 0.1) is 5.82 Å². The zero-order valence-corrected chi connectivity index (χ0v) is 14.2. The third-order valence-electron chi connectivity index (χ3n) is 3.07. The highest BCUT2D eigenvalue weighted by Crippen LogP contribution is 2.24. The van der Waals surface area contributed by atoms with Crippen molar-refractivity contribution >= 4 is 33.2 Å². The van der Waals surface area contributed by atoms with Crippen molar-refractivity contribution in [2.75, 3.05) is 0 Å². The fraction of sp³-hybridized carbons (Fsp3) is 0.0588. The SMILES string of the molecule is O=C(OCc1csc(-c2ccccc2)n1)c1ccc(F)cc1Br. The number of esters is 1. The van der Waals surface area contributed by atoms with Gasteiger partial charge in [0.2, 0.25) is 0 Å². The van der Waals surface area contributed by atoms with E-state index in [1.54, 1.807) is 0 Å². The number of ether oxygens (including phenoxy) is 1. The molecule has 0 spiro atoms. The van der Waals surface area contributed by atoms with Crippen molar-refractivity contribution in [3.05, 3.63) is 75.5 Å². The largest absolute Gasteiger partial charge is 0.456 e. The molecule has 0 aliphatic rings. The summed E-state index contributed by atoms with van der Waals surface area (Å²) in [5.74, 6) is -0.938. The fourth-order valence-corrected chi connectivity index (χ4v) is 3.28. The van der Waals surface area contributed by atoms with Gasteiger partial charge in [-0.1, -0.05) is 30.3 Å². The molecule has 0 saturated carbocycles. The Balaban J connectivity index is 1.67. The molecule has 0 saturated heterocycles. The monoisotopic (exact) mass is 391 g/mol. The number of hydrogen-bond donors (Lipinski definition) is 0. The van der Waals surface area contributed by atoms with Crippen LogP contribution in [0.2, 0.25) is 0 Å². The Kier molecular flexibility index (Phi) is 4.83. The van der Waals surface area contributed by atoms with Crippen molar-refractivity contribution in [2.24, 2.45) is 0 Å². The molecule has 1 heterocycles. The average Bonchev–Trinajstić information content (AvgIpc) is 3.02. The maximum atomic E-state index is 13.0. The summed E-state index contributed by atoms with van der Waals surface area (Å²) in [4.78, 5) is 16.5. The molecule has 116 valence electrons. The van der Waals surface area contributed by atoms with E-state index in [0.29, 0.717) is 10.2 Å². The number of carbonyl (C=O) groups is 1. The molecule has 0 bridgehead atoms. The third kappa shape index (κ3) is 3.83. The molecule has 0 amide bonds. The molecular weight excluding hydrogens is 381 g/mol. The Hall–Kier alpha value is -2.05. The minimum absolute atomic E-state index is 0.0754. The van der Waals surface area contributed by atoms with Crippen LogP contribution < -0.4 is 0 Å². The molecule has 0 radical (unpaired) electrons. The topological polar surface area (TPSA) is 39.2 Å². The number of nitrogens with zero attached hydrogens (tertiary/aromatic N) is 1. The summed E-state index contributed by atoms with van der Waals surface area (Å²) >= 11 is 4.65. The van der Waals surface area contributed by atoms with Gasteiger partial charge in [-0.25, -0.2) is 14.2 Å². The van der Waals surface area contributed by atoms with Crippen LogP contribution in [0.1, 0.15) is 16.1 Å². The van der Waals surface area contributed by atoms with E-state index in [1.807, 2.05) is 35.7 Å². The molecule has 0 atom stereocenters. The van der Waals surface area contributed by atoms with Gasteiger partial charge in [0.15, 0.2) is 0 Å². The summed E-state index contributed by atoms with van der Waals surface area (Å²) in [6.07, 6.45) is 0. The lowest BCUT2D eigenvalue weighted by Gasteiger charge is -2.05. The number of thiazole rings is 1. The van der Waals surface area contributed by atoms with E-state index in [0.717, 1.165) is 10.6 Å². The molecule has 0 aliphatic heterocycles. The lowest BCUT2D eigenvalue weighted by atomic mass is 10.2. The van der Waals surface area contributed by atoms with Crippen LogP contribution in [0.15, 0.2) is 58.4 Å². The minimum Gasteiger partial charge on any atom is -0.456 e. The van der Waals surface area contributed by atoms with E-state index >= 15 is 0 Å². The Morgan fingerprint density at radius 3 is 2.74 bits per heavy atom. The molecule has 3 nitrogen and oxygen atoms in total. The zero-order chi connectivity index (χ0) is 16.2. The van der Waals surface area contributed by atoms with Gasteiger partial charge in [-0.2, -0.15) is 0 Å². The lowest BCUT2D eigenvalue weighted by molar-refractivity contribution is 0.0467. The second kappa shape index (κ2) is 7.02. The molecule has 0 aliphatic carbocycles. The van der Waals surface area contributed by atoms with Gasteiger partial charge in [0.05, 0.1) is 11.3 Å². The minimum atomic E-state index is -0.522. The van der Waals surface area contributed by atoms with Crippen molar-refractivity contribution in [2.45, 2.75) is 6.61 Å². The van der Waals surface area contributed by atoms with Crippen LogP contribution in [0.4, 0.5) is 4.39 Å². The molecule has 0 unspecified atom stereocenters. The molecular formula is C17H11BrFNO2S. The second-order valence-corrected chi connectivity index (χ2v) is 6.42. The first-order chi connectivity index (χ1) is 11.1. The standard InChI is InChI=1S/C17H11BrFNO2S/c18-15-8-12(19)6-7-14(15)17(21)22-9-13-10-23-16(20-13)11-4-2-1-3-5-11/h1-8,10H,9H2. The van der Waals surface area contributed by atoms with Crippen LogP contribution in [0.25, 0.3) is 10.6 Å². The van der Waals surface area contributed by atoms with Gasteiger partial charge in [-0.05, 0) is 34.1 Å². The van der Waals surface area contributed by atoms with Gasteiger partial charge in [0, 0.05) is 15.4 Å². The summed E-state index contributed by atoms with van der Waals surface area (Å²) in [7, 11) is 0. The Morgan fingerprint density at radius 2 is 2.00 bits per heavy atom. The molecule has 3 aromatic rings. The smallest absolute Gasteiger partial charge is 0.339 e. The molecule has 0 fully saturated rings. The van der Waals surface area contributed by atoms with Crippen LogP contribution in [-0.4, -0.2) is 11.0 Å². The number of aromatic nitrogens is 1. The van der Waals surface area contributed by atoms with Gasteiger partial charge in [0.1, 0.15) is 17.4 Å². The predicted octanol–water partition coefficient (Wildman–Crippen LogP) is 5.07. The van der Waals surface area contributed by atoms with E-state index < -0.39 is 11.8 Å². The van der Waals surface area contributed by atoms with Crippen molar-refractivity contribution in [1.82, 2.24) is 4.98 Å². The average molecular weight is 392 g/mol. The van der Waals surface area contributed by atoms with Crippen LogP contribution in [-0.2, 0) is 11.3 Å². The maximum Gasteiger partial charge on any atom is 0.339 e. The van der Waals surface area contributed by atoms with E-state index in [2.05, 4.69) is 20.9 Å². The summed E-state index contributed by atoms with van der Waals surface area (Å²) in [6.45, 7) is 0.0754. The molecule has 2 aromatic carbocycles. The van der Waals surface area contributed by atoms with E-state index in [1.165, 1.54) is 29.5 Å². The number of rotatable bonds is 4. The van der Waals surface area contributed by atoms with E-state index in [4.69, 9.17) is 4.74 Å². The molecule has 23 heavy (non-hydrogen) atoms. The summed E-state index contributed by atoms with van der Waals surface area (Å²) in [5.41, 5.74) is 1.99. The highest BCUT2D eigenvalue weighted by Gasteiger charge is 2.13. The maximum absolute atomic E-state index is 13.0. The third-order valence-corrected chi connectivity index (χ3v) is 4.67. The Morgan fingerprint density at radius 1 is 1.22 bits per heavy atom. The summed E-state index contributed by atoms with van der Waals surface area (Å²) in [6, 6.07) is 13.6. The molecule has 1 aromatic heterocycles. The van der Waals surface area contributed by atoms with Gasteiger partial charge in [0.25, 0.3) is 0 Å². The van der Waals surface area contributed by atoms with Crippen molar-refractivity contribution < 1.29 is 13.9 Å². The number of benzene rings is 2. The number of hydrogen-bond acceptors (Lipinski definition) is 4. The fourth-order valence-electron chi connectivity index (χ4n) is 1.96. The Labute approximate surface area is 144 Å². The Bertz CT molecular complexity index is 836. The van der Waals surface area contributed by atoms with Gasteiger partial charge in [-0.15, -0.1) is 11.3 Å². The van der Waals surface area contributed by atoms with E-state index in [9.17, 15) is 9.18 Å². The number of carbonyl (C=O) groups excluding carboxylic acids is 1. The van der Waals surface area contributed by atoms with Gasteiger partial charge in [-0.3, -0.25) is 0 Å². The van der Waals surface area contributed by atoms with Crippen LogP contribution in [0.3, 0.4) is 0 Å². The first-order valence-electron chi connectivity index (χ1n) is 6.75. The normalized spacial score (nSPS) is 10.5. The molecule has 0 N–H and O–H groups in total. The van der Waals surface area contributed by atoms with Crippen LogP contribution in [0.5, 0.6) is 0 Å². The van der Waals surface area contributed by atoms with Gasteiger partial charge < -0.3 is 4.74 Å². The quantitative estimate of drug-likeness (QED) is 0.582. The van der Waals surface area contributed by atoms with Gasteiger partial charge >= 0.3 is 5.97 Å². The molecule has 6 heteroatoms. The van der Waals surface area contributed by atoms with Crippen LogP contribution >= 0.6 is 27.3 Å². The van der Waals surface area contributed by atoms with Crippen molar-refractivity contribution in [1.29, 1.82) is 0 Å². The summed E-state index contributed by atoms with van der Waals surface area (Å²) < 4.78 is 18.6. The van der Waals surface area contributed by atoms with E-state index in [-0.39, 0.29) is 12.2 Å². The highest BCUT2D eigenvalue weighted by molar-refractivity contribution is 9.10. The lowest BCUT2D eigenvalue weighted by Crippen LogP contribution is -2.06. The highest BCUT2D eigenvalue weighted by atomic mass is 79.9. The summed E-state index contributed by atoms with van der Waals surface area (Å²) in [5, 5.41) is 2.73. The first kappa shape index (κ1) is 15.8. The predicted molar refractivity (Wildman–Crippen MR) is 90.8 cm³/mol.